The molecule has 1 atom stereocenters. The molecule has 0 radical (unpaired) electrons. The number of nitrogens with zero attached hydrogens (tertiary/aromatic N) is 1. The first-order chi connectivity index (χ1) is 16.4. The normalized spacial score (nSPS) is 25.6. The number of rotatable bonds is 6. The minimum absolute atomic E-state index is 0.648. The van der Waals surface area contributed by atoms with Crippen LogP contribution in [0, 0.1) is 0 Å². The molecule has 2 rings (SSSR count). The van der Waals surface area contributed by atoms with E-state index in [2.05, 4.69) is 42.1 Å². The Bertz CT molecular complexity index is 348. The standard InChI is InChI=1S/C25H56N8/c1(2-7-25-8-14-31-18-17-27-9-4-11-28-19-20-32-25)3-22-33-23-6-13-29-16-15-26-10-5-12-30-21-24-33/h25-32H,1-24H2. The Morgan fingerprint density at radius 2 is 1.06 bits per heavy atom. The zero-order chi connectivity index (χ0) is 23.1. The van der Waals surface area contributed by atoms with Gasteiger partial charge in [0.1, 0.15) is 0 Å². The molecule has 0 spiro atoms. The molecule has 0 saturated carbocycles. The van der Waals surface area contributed by atoms with E-state index in [0.29, 0.717) is 6.04 Å². The first kappa shape index (κ1) is 28.9. The van der Waals surface area contributed by atoms with Crippen LogP contribution in [0.5, 0.6) is 0 Å². The van der Waals surface area contributed by atoms with Gasteiger partial charge in [0.15, 0.2) is 0 Å². The van der Waals surface area contributed by atoms with Gasteiger partial charge in [0, 0.05) is 58.4 Å². The van der Waals surface area contributed by atoms with Crippen molar-refractivity contribution in [3.63, 3.8) is 0 Å². The van der Waals surface area contributed by atoms with Gasteiger partial charge in [0.25, 0.3) is 0 Å². The van der Waals surface area contributed by atoms with Crippen LogP contribution in [0.2, 0.25) is 0 Å². The van der Waals surface area contributed by atoms with Gasteiger partial charge in [-0.05, 0) is 90.9 Å². The largest absolute Gasteiger partial charge is 0.315 e. The summed E-state index contributed by atoms with van der Waals surface area (Å²) in [6.45, 7) is 18.0. The molecule has 2 aliphatic heterocycles. The summed E-state index contributed by atoms with van der Waals surface area (Å²) in [6, 6.07) is 0.648. The van der Waals surface area contributed by atoms with E-state index in [-0.39, 0.29) is 0 Å². The Morgan fingerprint density at radius 3 is 1.76 bits per heavy atom. The van der Waals surface area contributed by atoms with E-state index in [1.807, 2.05) is 0 Å². The smallest absolute Gasteiger partial charge is 0.0107 e. The molecule has 33 heavy (non-hydrogen) atoms. The fraction of sp³-hybridized carbons (Fsp3) is 1.00. The third kappa shape index (κ3) is 17.7. The van der Waals surface area contributed by atoms with E-state index in [9.17, 15) is 0 Å². The summed E-state index contributed by atoms with van der Waals surface area (Å²) >= 11 is 0. The van der Waals surface area contributed by atoms with Crippen molar-refractivity contribution < 1.29 is 0 Å². The summed E-state index contributed by atoms with van der Waals surface area (Å²) < 4.78 is 0. The Hall–Kier alpha value is -0.320. The van der Waals surface area contributed by atoms with Crippen molar-refractivity contribution in [2.45, 2.75) is 57.4 Å². The minimum Gasteiger partial charge on any atom is -0.315 e. The molecule has 1 unspecified atom stereocenters. The highest BCUT2D eigenvalue weighted by Gasteiger charge is 2.09. The topological polar surface area (TPSA) is 87.5 Å². The number of nitrogens with one attached hydrogen (secondary N) is 7. The van der Waals surface area contributed by atoms with Crippen molar-refractivity contribution >= 4 is 0 Å². The zero-order valence-corrected chi connectivity index (χ0v) is 21.5. The second-order valence-electron chi connectivity index (χ2n) is 9.69. The summed E-state index contributed by atoms with van der Waals surface area (Å²) in [7, 11) is 0. The van der Waals surface area contributed by atoms with Crippen molar-refractivity contribution in [3.05, 3.63) is 0 Å². The molecule has 0 aliphatic carbocycles. The summed E-state index contributed by atoms with van der Waals surface area (Å²) in [5.41, 5.74) is 0. The lowest BCUT2D eigenvalue weighted by Crippen LogP contribution is -2.39. The predicted molar refractivity (Wildman–Crippen MR) is 142 cm³/mol. The van der Waals surface area contributed by atoms with E-state index in [0.717, 1.165) is 85.1 Å². The van der Waals surface area contributed by atoms with Crippen molar-refractivity contribution in [1.29, 1.82) is 0 Å². The van der Waals surface area contributed by atoms with E-state index in [1.165, 1.54) is 71.0 Å². The van der Waals surface area contributed by atoms with Crippen molar-refractivity contribution in [2.24, 2.45) is 0 Å². The van der Waals surface area contributed by atoms with E-state index in [4.69, 9.17) is 0 Å². The Labute approximate surface area is 204 Å². The maximum Gasteiger partial charge on any atom is 0.0107 e. The maximum absolute atomic E-state index is 3.81. The van der Waals surface area contributed by atoms with Gasteiger partial charge in [-0.25, -0.2) is 0 Å². The molecule has 2 fully saturated rings. The lowest BCUT2D eigenvalue weighted by molar-refractivity contribution is 0.260. The van der Waals surface area contributed by atoms with E-state index in [1.54, 1.807) is 0 Å². The fourth-order valence-corrected chi connectivity index (χ4v) is 4.67. The first-order valence-electron chi connectivity index (χ1n) is 14.2. The van der Waals surface area contributed by atoms with E-state index < -0.39 is 0 Å². The third-order valence-corrected chi connectivity index (χ3v) is 6.74. The molecule has 196 valence electrons. The summed E-state index contributed by atoms with van der Waals surface area (Å²) in [5, 5.41) is 25.2. The van der Waals surface area contributed by atoms with Gasteiger partial charge in [-0.15, -0.1) is 0 Å². The summed E-state index contributed by atoms with van der Waals surface area (Å²) in [5.74, 6) is 0. The number of hydrogen-bond donors (Lipinski definition) is 7. The SMILES string of the molecule is C(CCC1CCNCCNCCCNCCN1)CCN1CCCNCCNCCCNCC1. The van der Waals surface area contributed by atoms with Gasteiger partial charge >= 0.3 is 0 Å². The van der Waals surface area contributed by atoms with Gasteiger partial charge < -0.3 is 42.1 Å². The molecule has 7 N–H and O–H groups in total. The Balaban J connectivity index is 1.59. The molecule has 0 aromatic heterocycles. The minimum atomic E-state index is 0.648. The van der Waals surface area contributed by atoms with Crippen LogP contribution in [0.25, 0.3) is 0 Å². The first-order valence-corrected chi connectivity index (χ1v) is 14.2. The van der Waals surface area contributed by atoms with Gasteiger partial charge in [-0.2, -0.15) is 0 Å². The van der Waals surface area contributed by atoms with Crippen LogP contribution < -0.4 is 37.2 Å². The monoisotopic (exact) mass is 468 g/mol. The molecule has 0 bridgehead atoms. The van der Waals surface area contributed by atoms with Crippen LogP contribution in [0.3, 0.4) is 0 Å². The lowest BCUT2D eigenvalue weighted by atomic mass is 10.0. The van der Waals surface area contributed by atoms with Crippen LogP contribution in [0.15, 0.2) is 0 Å². The van der Waals surface area contributed by atoms with Gasteiger partial charge in [0.05, 0.1) is 0 Å². The summed E-state index contributed by atoms with van der Waals surface area (Å²) in [6.07, 6.45) is 10.2. The van der Waals surface area contributed by atoms with Crippen molar-refractivity contribution in [3.8, 4) is 0 Å². The highest BCUT2D eigenvalue weighted by atomic mass is 15.1. The average molecular weight is 469 g/mol. The number of unbranched alkanes of at least 4 members (excludes halogenated alkanes) is 2. The van der Waals surface area contributed by atoms with Crippen LogP contribution in [0.4, 0.5) is 0 Å². The molecule has 2 heterocycles. The quantitative estimate of drug-likeness (QED) is 0.273. The fourth-order valence-electron chi connectivity index (χ4n) is 4.67. The van der Waals surface area contributed by atoms with Gasteiger partial charge in [-0.1, -0.05) is 12.8 Å². The van der Waals surface area contributed by atoms with Crippen molar-refractivity contribution in [2.75, 3.05) is 105 Å². The molecular weight excluding hydrogens is 412 g/mol. The van der Waals surface area contributed by atoms with Crippen molar-refractivity contribution in [1.82, 2.24) is 42.1 Å². The second-order valence-corrected chi connectivity index (χ2v) is 9.69. The molecule has 2 aliphatic rings. The van der Waals surface area contributed by atoms with Crippen LogP contribution >= 0.6 is 0 Å². The molecular formula is C25H56N8. The molecule has 2 saturated heterocycles. The zero-order valence-electron chi connectivity index (χ0n) is 21.5. The van der Waals surface area contributed by atoms with Crippen LogP contribution in [-0.2, 0) is 0 Å². The average Bonchev–Trinajstić information content (AvgIpc) is 2.83. The maximum atomic E-state index is 3.81. The third-order valence-electron chi connectivity index (χ3n) is 6.74. The van der Waals surface area contributed by atoms with Crippen LogP contribution in [0.1, 0.15) is 51.4 Å². The molecule has 8 heteroatoms. The Kier molecular flexibility index (Phi) is 19.4. The highest BCUT2D eigenvalue weighted by Crippen LogP contribution is 2.08. The second kappa shape index (κ2) is 22.2. The molecule has 8 nitrogen and oxygen atoms in total. The molecule has 0 amide bonds. The predicted octanol–water partition coefficient (Wildman–Crippen LogP) is -0.0678. The van der Waals surface area contributed by atoms with Gasteiger partial charge in [0.2, 0.25) is 0 Å². The number of hydrogen-bond acceptors (Lipinski definition) is 8. The van der Waals surface area contributed by atoms with Crippen LogP contribution in [-0.4, -0.2) is 116 Å². The van der Waals surface area contributed by atoms with E-state index >= 15 is 0 Å². The molecule has 0 aromatic carbocycles. The molecule has 0 aromatic rings. The van der Waals surface area contributed by atoms with Gasteiger partial charge in [-0.3, -0.25) is 0 Å². The Morgan fingerprint density at radius 1 is 0.485 bits per heavy atom. The highest BCUT2D eigenvalue weighted by molar-refractivity contribution is 4.71. The summed E-state index contributed by atoms with van der Waals surface area (Å²) in [4.78, 5) is 2.68. The lowest BCUT2D eigenvalue weighted by Gasteiger charge is -2.23.